The van der Waals surface area contributed by atoms with Crippen LogP contribution in [-0.4, -0.2) is 43.5 Å². The summed E-state index contributed by atoms with van der Waals surface area (Å²) in [5.41, 5.74) is 4.28. The van der Waals surface area contributed by atoms with E-state index in [1.807, 2.05) is 61.3 Å². The molecule has 0 aliphatic carbocycles. The number of piperidine rings is 1. The first-order valence-electron chi connectivity index (χ1n) is 12.5. The van der Waals surface area contributed by atoms with Crippen molar-refractivity contribution >= 4 is 35.9 Å². The maximum Gasteiger partial charge on any atom is 0.387 e. The van der Waals surface area contributed by atoms with Gasteiger partial charge in [-0.1, -0.05) is 12.1 Å². The first kappa shape index (κ1) is 27.3. The largest absolute Gasteiger partial charge is 0.387 e. The van der Waals surface area contributed by atoms with Crippen molar-refractivity contribution in [2.45, 2.75) is 38.9 Å². The summed E-state index contributed by atoms with van der Waals surface area (Å²) in [7, 11) is 1.96. The molecule has 1 atom stereocenters. The molecule has 0 radical (unpaired) electrons. The predicted octanol–water partition coefficient (Wildman–Crippen LogP) is 4.33. The third kappa shape index (κ3) is 5.71. The van der Waals surface area contributed by atoms with Gasteiger partial charge in [0.1, 0.15) is 11.9 Å². The number of benzene rings is 1. The number of pyridine rings is 3. The number of hydrogen-bond acceptors (Lipinski definition) is 7. The molecule has 10 heteroatoms. The molecule has 0 spiro atoms. The van der Waals surface area contributed by atoms with Crippen molar-refractivity contribution in [3.8, 4) is 0 Å². The summed E-state index contributed by atoms with van der Waals surface area (Å²) in [6, 6.07) is 15.3. The van der Waals surface area contributed by atoms with Gasteiger partial charge in [0, 0.05) is 68.3 Å². The molecule has 4 heterocycles. The van der Waals surface area contributed by atoms with Gasteiger partial charge in [0.05, 0.1) is 5.52 Å². The molecule has 1 aromatic carbocycles. The number of anilines is 1. The van der Waals surface area contributed by atoms with Gasteiger partial charge in [0.25, 0.3) is 0 Å². The summed E-state index contributed by atoms with van der Waals surface area (Å²) < 4.78 is 2.01. The minimum Gasteiger partial charge on any atom is -0.363 e. The van der Waals surface area contributed by atoms with Crippen molar-refractivity contribution in [2.24, 2.45) is 7.05 Å². The number of nitrogens with zero attached hydrogens (tertiary/aromatic N) is 6. The van der Waals surface area contributed by atoms with Gasteiger partial charge in [0.15, 0.2) is 5.43 Å². The number of hydrogen-bond donors (Lipinski definition) is 0. The van der Waals surface area contributed by atoms with Crippen LogP contribution < -0.4 is 10.3 Å². The molecule has 38 heavy (non-hydrogen) atoms. The Morgan fingerprint density at radius 1 is 1.11 bits per heavy atom. The number of rotatable bonds is 7. The van der Waals surface area contributed by atoms with E-state index in [4.69, 9.17) is 0 Å². The molecule has 0 unspecified atom stereocenters. The van der Waals surface area contributed by atoms with E-state index >= 15 is 0 Å². The van der Waals surface area contributed by atoms with E-state index in [0.29, 0.717) is 30.7 Å². The van der Waals surface area contributed by atoms with Gasteiger partial charge in [-0.15, -0.1) is 0 Å². The van der Waals surface area contributed by atoms with Crippen molar-refractivity contribution in [2.75, 3.05) is 18.0 Å². The summed E-state index contributed by atoms with van der Waals surface area (Å²) in [4.78, 5) is 37.4. The Labute approximate surface area is 228 Å². The molecule has 0 N–H and O–H groups in total. The van der Waals surface area contributed by atoms with Crippen LogP contribution in [0.2, 0.25) is 0 Å². The van der Waals surface area contributed by atoms with Crippen LogP contribution in [0.15, 0.2) is 71.9 Å². The van der Waals surface area contributed by atoms with E-state index in [-0.39, 0.29) is 30.8 Å². The van der Waals surface area contributed by atoms with E-state index in [2.05, 4.69) is 25.8 Å². The van der Waals surface area contributed by atoms with Gasteiger partial charge in [-0.25, -0.2) is 0 Å². The third-order valence-electron chi connectivity index (χ3n) is 7.08. The van der Waals surface area contributed by atoms with Gasteiger partial charge in [0.2, 0.25) is 0 Å². The maximum absolute atomic E-state index is 13.5. The van der Waals surface area contributed by atoms with Gasteiger partial charge in [-0.3, -0.25) is 14.7 Å². The molecular formula is C28H32N6O3S. The number of aromatic nitrogens is 3. The minimum absolute atomic E-state index is 0. The second kappa shape index (κ2) is 11.7. The van der Waals surface area contributed by atoms with E-state index < -0.39 is 4.92 Å². The van der Waals surface area contributed by atoms with Crippen molar-refractivity contribution in [1.29, 1.82) is 0 Å². The maximum atomic E-state index is 13.5. The van der Waals surface area contributed by atoms with Crippen LogP contribution in [0.1, 0.15) is 29.7 Å². The lowest BCUT2D eigenvalue weighted by Gasteiger charge is -2.40. The van der Waals surface area contributed by atoms with E-state index in [1.54, 1.807) is 12.1 Å². The highest BCUT2D eigenvalue weighted by atomic mass is 32.1. The third-order valence-corrected chi connectivity index (χ3v) is 7.08. The molecule has 1 aliphatic heterocycles. The molecule has 5 rings (SSSR count). The zero-order valence-electron chi connectivity index (χ0n) is 21.6. The Hall–Kier alpha value is -3.76. The highest BCUT2D eigenvalue weighted by molar-refractivity contribution is 7.59. The molecule has 1 saturated heterocycles. The Bertz CT molecular complexity index is 1510. The number of nitro groups is 1. The fraction of sp³-hybridized carbons (Fsp3) is 0.321. The summed E-state index contributed by atoms with van der Waals surface area (Å²) >= 11 is 0. The first-order valence-corrected chi connectivity index (χ1v) is 12.5. The molecule has 1 aliphatic rings. The van der Waals surface area contributed by atoms with Crippen LogP contribution in [0.5, 0.6) is 0 Å². The summed E-state index contributed by atoms with van der Waals surface area (Å²) in [5.74, 6) is -0.122. The van der Waals surface area contributed by atoms with Gasteiger partial charge in [-0.2, -0.15) is 13.5 Å². The highest BCUT2D eigenvalue weighted by Crippen LogP contribution is 2.30. The molecule has 1 fully saturated rings. The molecular weight excluding hydrogens is 500 g/mol. The summed E-state index contributed by atoms with van der Waals surface area (Å²) in [6.45, 7) is 4.43. The zero-order valence-corrected chi connectivity index (χ0v) is 22.6. The van der Waals surface area contributed by atoms with Crippen LogP contribution in [-0.2, 0) is 20.1 Å². The summed E-state index contributed by atoms with van der Waals surface area (Å²) in [6.07, 6.45) is 7.02. The molecule has 9 nitrogen and oxygen atoms in total. The molecule has 0 saturated carbocycles. The lowest BCUT2D eigenvalue weighted by Crippen LogP contribution is -2.48. The van der Waals surface area contributed by atoms with Crippen LogP contribution in [0.25, 0.3) is 10.9 Å². The fourth-order valence-corrected chi connectivity index (χ4v) is 5.34. The van der Waals surface area contributed by atoms with Crippen LogP contribution in [0, 0.1) is 17.0 Å². The Morgan fingerprint density at radius 3 is 2.71 bits per heavy atom. The quantitative estimate of drug-likeness (QED) is 0.258. The molecule has 0 amide bonds. The topological polar surface area (TPSA) is 97.4 Å². The van der Waals surface area contributed by atoms with Crippen LogP contribution >= 0.6 is 13.5 Å². The second-order valence-corrected chi connectivity index (χ2v) is 9.67. The van der Waals surface area contributed by atoms with Crippen molar-refractivity contribution in [3.63, 3.8) is 0 Å². The van der Waals surface area contributed by atoms with Crippen LogP contribution in [0.3, 0.4) is 0 Å². The van der Waals surface area contributed by atoms with E-state index in [0.717, 1.165) is 41.7 Å². The van der Waals surface area contributed by atoms with Gasteiger partial charge in [-0.05, 0) is 71.6 Å². The SMILES string of the molecule is Cc1cc(CN(Cc2cn(C)c3ccccc3c2=O)[C@H]2CCCN(c3cccnc3[N+](=O)[O-])C2)ccn1.S. The van der Waals surface area contributed by atoms with Crippen molar-refractivity contribution < 1.29 is 4.92 Å². The van der Waals surface area contributed by atoms with Crippen LogP contribution in [0.4, 0.5) is 11.5 Å². The smallest absolute Gasteiger partial charge is 0.363 e. The number of aryl methyl sites for hydroxylation is 2. The fourth-order valence-electron chi connectivity index (χ4n) is 5.34. The van der Waals surface area contributed by atoms with E-state index in [1.165, 1.54) is 6.20 Å². The average Bonchev–Trinajstić information content (AvgIpc) is 2.91. The van der Waals surface area contributed by atoms with Crippen molar-refractivity contribution in [1.82, 2.24) is 19.4 Å². The normalized spacial score (nSPS) is 15.4. The second-order valence-electron chi connectivity index (χ2n) is 9.67. The average molecular weight is 533 g/mol. The number of fused-ring (bicyclic) bond motifs is 1. The Morgan fingerprint density at radius 2 is 1.92 bits per heavy atom. The lowest BCUT2D eigenvalue weighted by atomic mass is 10.0. The van der Waals surface area contributed by atoms with Crippen molar-refractivity contribution in [3.05, 3.63) is 104 Å². The lowest BCUT2D eigenvalue weighted by molar-refractivity contribution is -0.388. The first-order chi connectivity index (χ1) is 17.9. The monoisotopic (exact) mass is 532 g/mol. The van der Waals surface area contributed by atoms with Gasteiger partial charge >= 0.3 is 5.82 Å². The van der Waals surface area contributed by atoms with Gasteiger partial charge < -0.3 is 19.6 Å². The Kier molecular flexibility index (Phi) is 8.43. The zero-order chi connectivity index (χ0) is 25.9. The molecule has 3 aromatic heterocycles. The summed E-state index contributed by atoms with van der Waals surface area (Å²) in [5, 5.41) is 12.3. The standard InChI is InChI=1S/C28H30N6O3.H2S/c1-20-15-21(11-13-29-20)16-33(18-22-17-31(2)25-9-4-3-8-24(25)27(22)35)23-7-6-14-32(19-23)26-10-5-12-30-28(26)34(36)37;/h3-5,8-13,15,17,23H,6-7,14,16,18-19H2,1-2H3;1H2/t23-;/m0./s1. The molecule has 198 valence electrons. The predicted molar refractivity (Wildman–Crippen MR) is 154 cm³/mol. The minimum atomic E-state index is -0.421. The highest BCUT2D eigenvalue weighted by Gasteiger charge is 2.30. The molecule has 0 bridgehead atoms. The molecule has 4 aromatic rings. The van der Waals surface area contributed by atoms with E-state index in [9.17, 15) is 14.9 Å². The number of para-hydroxylation sites is 1. The Balaban J connectivity index is 0.00000336.